The predicted molar refractivity (Wildman–Crippen MR) is 56.8 cm³/mol. The summed E-state index contributed by atoms with van der Waals surface area (Å²) in [6.45, 7) is 2.13. The summed E-state index contributed by atoms with van der Waals surface area (Å²) in [5, 5.41) is 9.69. The number of aromatic nitrogens is 1. The molecule has 1 atom stereocenters. The van der Waals surface area contributed by atoms with Crippen LogP contribution in [0.1, 0.15) is 25.0 Å². The molecule has 1 N–H and O–H groups in total. The van der Waals surface area contributed by atoms with Crippen molar-refractivity contribution in [2.24, 2.45) is 0 Å². The average molecular weight is 197 g/mol. The van der Waals surface area contributed by atoms with E-state index in [1.165, 1.54) is 0 Å². The predicted octanol–water partition coefficient (Wildman–Crippen LogP) is 2.26. The van der Waals surface area contributed by atoms with E-state index in [1.54, 1.807) is 12.4 Å². The van der Waals surface area contributed by atoms with Crippen LogP contribution in [0.3, 0.4) is 0 Å². The standard InChI is InChI=1S/C10H15NOS/c1-2-13-7-5-10(12)9-4-3-6-11-8-9/h3-4,6,8,10,12H,2,5,7H2,1H3. The van der Waals surface area contributed by atoms with Gasteiger partial charge in [-0.25, -0.2) is 0 Å². The van der Waals surface area contributed by atoms with Crippen molar-refractivity contribution in [3.8, 4) is 0 Å². The van der Waals surface area contributed by atoms with Crippen LogP contribution in [-0.4, -0.2) is 21.6 Å². The van der Waals surface area contributed by atoms with Crippen LogP contribution in [0, 0.1) is 0 Å². The van der Waals surface area contributed by atoms with E-state index in [1.807, 2.05) is 23.9 Å². The number of thioether (sulfide) groups is 1. The minimum atomic E-state index is -0.354. The van der Waals surface area contributed by atoms with Gasteiger partial charge >= 0.3 is 0 Å². The van der Waals surface area contributed by atoms with Crippen LogP contribution in [0.15, 0.2) is 24.5 Å². The third-order valence-corrected chi connectivity index (χ3v) is 2.74. The summed E-state index contributed by atoms with van der Waals surface area (Å²) in [4.78, 5) is 3.97. The molecule has 0 spiro atoms. The first-order valence-electron chi connectivity index (χ1n) is 4.50. The SMILES string of the molecule is CCSCCC(O)c1cccnc1. The van der Waals surface area contributed by atoms with Crippen LogP contribution in [-0.2, 0) is 0 Å². The zero-order valence-corrected chi connectivity index (χ0v) is 8.63. The Kier molecular flexibility index (Phi) is 4.86. The molecule has 0 aliphatic heterocycles. The zero-order valence-electron chi connectivity index (χ0n) is 7.81. The van der Waals surface area contributed by atoms with Gasteiger partial charge in [-0.05, 0) is 29.6 Å². The zero-order chi connectivity index (χ0) is 9.52. The lowest BCUT2D eigenvalue weighted by Crippen LogP contribution is -1.99. The molecule has 1 aromatic heterocycles. The van der Waals surface area contributed by atoms with E-state index >= 15 is 0 Å². The Morgan fingerprint density at radius 2 is 2.46 bits per heavy atom. The molecule has 1 rings (SSSR count). The fourth-order valence-corrected chi connectivity index (χ4v) is 1.76. The Morgan fingerprint density at radius 1 is 1.62 bits per heavy atom. The minimum Gasteiger partial charge on any atom is -0.388 e. The van der Waals surface area contributed by atoms with Gasteiger partial charge in [-0.2, -0.15) is 11.8 Å². The van der Waals surface area contributed by atoms with Gasteiger partial charge in [0.15, 0.2) is 0 Å². The Morgan fingerprint density at radius 3 is 3.08 bits per heavy atom. The molecule has 72 valence electrons. The molecule has 2 nitrogen and oxygen atoms in total. The molecular weight excluding hydrogens is 182 g/mol. The van der Waals surface area contributed by atoms with Crippen LogP contribution < -0.4 is 0 Å². The van der Waals surface area contributed by atoms with Gasteiger partial charge in [0.1, 0.15) is 0 Å². The number of aliphatic hydroxyl groups is 1. The first-order chi connectivity index (χ1) is 6.34. The normalized spacial score (nSPS) is 12.8. The van der Waals surface area contributed by atoms with Crippen molar-refractivity contribution in [2.45, 2.75) is 19.4 Å². The van der Waals surface area contributed by atoms with E-state index in [0.717, 1.165) is 23.5 Å². The summed E-state index contributed by atoms with van der Waals surface area (Å²) in [6, 6.07) is 3.76. The van der Waals surface area contributed by atoms with Crippen LogP contribution in [0.2, 0.25) is 0 Å². The number of aliphatic hydroxyl groups excluding tert-OH is 1. The minimum absolute atomic E-state index is 0.354. The quantitative estimate of drug-likeness (QED) is 0.735. The third-order valence-electron chi connectivity index (χ3n) is 1.81. The highest BCUT2D eigenvalue weighted by Gasteiger charge is 2.05. The first kappa shape index (κ1) is 10.5. The summed E-state index contributed by atoms with van der Waals surface area (Å²) in [6.07, 6.45) is 3.90. The van der Waals surface area contributed by atoms with Gasteiger partial charge in [0.05, 0.1) is 6.10 Å². The van der Waals surface area contributed by atoms with Crippen LogP contribution in [0.5, 0.6) is 0 Å². The van der Waals surface area contributed by atoms with Gasteiger partial charge < -0.3 is 5.11 Å². The monoisotopic (exact) mass is 197 g/mol. The van der Waals surface area contributed by atoms with Crippen LogP contribution >= 0.6 is 11.8 Å². The van der Waals surface area contributed by atoms with E-state index < -0.39 is 0 Å². The Balaban J connectivity index is 2.35. The number of rotatable bonds is 5. The van der Waals surface area contributed by atoms with Crippen molar-refractivity contribution in [1.29, 1.82) is 0 Å². The molecule has 0 amide bonds. The molecule has 0 saturated heterocycles. The molecule has 1 aromatic rings. The van der Waals surface area contributed by atoms with E-state index in [-0.39, 0.29) is 6.10 Å². The maximum Gasteiger partial charge on any atom is 0.0812 e. The maximum absolute atomic E-state index is 9.69. The van der Waals surface area contributed by atoms with Crippen molar-refractivity contribution in [1.82, 2.24) is 4.98 Å². The topological polar surface area (TPSA) is 33.1 Å². The molecule has 3 heteroatoms. The van der Waals surface area contributed by atoms with E-state index in [0.29, 0.717) is 0 Å². The van der Waals surface area contributed by atoms with Gasteiger partial charge in [-0.15, -0.1) is 0 Å². The molecule has 0 aliphatic carbocycles. The highest BCUT2D eigenvalue weighted by atomic mass is 32.2. The molecule has 1 unspecified atom stereocenters. The number of pyridine rings is 1. The Labute approximate surface area is 83.4 Å². The lowest BCUT2D eigenvalue weighted by Gasteiger charge is -2.08. The Bertz CT molecular complexity index is 228. The lowest BCUT2D eigenvalue weighted by molar-refractivity contribution is 0.174. The lowest BCUT2D eigenvalue weighted by atomic mass is 10.1. The van der Waals surface area contributed by atoms with E-state index in [2.05, 4.69) is 11.9 Å². The van der Waals surface area contributed by atoms with Gasteiger partial charge in [-0.3, -0.25) is 4.98 Å². The second-order valence-electron chi connectivity index (χ2n) is 2.79. The molecule has 0 fully saturated rings. The van der Waals surface area contributed by atoms with Gasteiger partial charge in [0.2, 0.25) is 0 Å². The largest absolute Gasteiger partial charge is 0.388 e. The van der Waals surface area contributed by atoms with Crippen LogP contribution in [0.4, 0.5) is 0 Å². The first-order valence-corrected chi connectivity index (χ1v) is 5.65. The van der Waals surface area contributed by atoms with Gasteiger partial charge in [-0.1, -0.05) is 13.0 Å². The second kappa shape index (κ2) is 6.00. The summed E-state index contributed by atoms with van der Waals surface area (Å²) >= 11 is 1.85. The third kappa shape index (κ3) is 3.79. The van der Waals surface area contributed by atoms with Crippen molar-refractivity contribution < 1.29 is 5.11 Å². The molecule has 0 saturated carbocycles. The Hall–Kier alpha value is -0.540. The van der Waals surface area contributed by atoms with Crippen molar-refractivity contribution >= 4 is 11.8 Å². The van der Waals surface area contributed by atoms with Gasteiger partial charge in [0.25, 0.3) is 0 Å². The smallest absolute Gasteiger partial charge is 0.0812 e. The average Bonchev–Trinajstić information content (AvgIpc) is 2.19. The highest BCUT2D eigenvalue weighted by Crippen LogP contribution is 2.17. The summed E-state index contributed by atoms with van der Waals surface area (Å²) in [5.41, 5.74) is 0.916. The molecule has 0 radical (unpaired) electrons. The summed E-state index contributed by atoms with van der Waals surface area (Å²) in [5.74, 6) is 2.12. The van der Waals surface area contributed by atoms with Gasteiger partial charge in [0, 0.05) is 12.4 Å². The van der Waals surface area contributed by atoms with E-state index in [9.17, 15) is 5.11 Å². The molecule has 0 bridgehead atoms. The highest BCUT2D eigenvalue weighted by molar-refractivity contribution is 7.99. The van der Waals surface area contributed by atoms with E-state index in [4.69, 9.17) is 0 Å². The van der Waals surface area contributed by atoms with Crippen molar-refractivity contribution in [3.63, 3.8) is 0 Å². The molecule has 0 aromatic carbocycles. The second-order valence-corrected chi connectivity index (χ2v) is 4.18. The van der Waals surface area contributed by atoms with Crippen LogP contribution in [0.25, 0.3) is 0 Å². The molecule has 0 aliphatic rings. The molecular formula is C10H15NOS. The molecule has 13 heavy (non-hydrogen) atoms. The molecule has 1 heterocycles. The fraction of sp³-hybridized carbons (Fsp3) is 0.500. The maximum atomic E-state index is 9.69. The number of hydrogen-bond acceptors (Lipinski definition) is 3. The summed E-state index contributed by atoms with van der Waals surface area (Å²) in [7, 11) is 0. The van der Waals surface area contributed by atoms with Crippen molar-refractivity contribution in [2.75, 3.05) is 11.5 Å². The summed E-state index contributed by atoms with van der Waals surface area (Å²) < 4.78 is 0. The fourth-order valence-electron chi connectivity index (χ4n) is 1.08. The number of nitrogens with zero attached hydrogens (tertiary/aromatic N) is 1. The number of hydrogen-bond donors (Lipinski definition) is 1. The van der Waals surface area contributed by atoms with Crippen molar-refractivity contribution in [3.05, 3.63) is 30.1 Å².